The van der Waals surface area contributed by atoms with Gasteiger partial charge in [0.05, 0.1) is 43.4 Å². The maximum atomic E-state index is 13.5. The Morgan fingerprint density at radius 1 is 0.959 bits per heavy atom. The Balaban J connectivity index is 0.000000636. The number of aliphatic carboxylic acids is 2. The summed E-state index contributed by atoms with van der Waals surface area (Å²) in [5.74, 6) is -4.05. The van der Waals surface area contributed by atoms with Crippen molar-refractivity contribution in [3.05, 3.63) is 63.6 Å². The van der Waals surface area contributed by atoms with E-state index in [1.54, 1.807) is 17.4 Å². The SMILES string of the molecule is CC(C)c1nc(C(=O)N2CCOC3(CCN(Cc4cccc(OCCOCCC(=O)N(CCNCCc5ccc(O)c6c5OCC(=O)N6)C5CCCCC5)c4)CC3)C2)cs1.O=C(O)C(F)(F)F.O=C(O)C(F)(F)F. The molecule has 4 aliphatic rings. The van der Waals surface area contributed by atoms with Gasteiger partial charge in [0.1, 0.15) is 29.5 Å². The molecular weight excluding hydrogens is 1010 g/mol. The highest BCUT2D eigenvalue weighted by Crippen LogP contribution is 2.39. The number of hydrogen-bond donors (Lipinski definition) is 5. The number of carboxylic acids is 2. The van der Waals surface area contributed by atoms with Gasteiger partial charge in [-0.3, -0.25) is 19.3 Å². The van der Waals surface area contributed by atoms with Gasteiger partial charge in [0, 0.05) is 56.6 Å². The molecule has 1 aliphatic carbocycles. The van der Waals surface area contributed by atoms with Gasteiger partial charge in [-0.1, -0.05) is 51.3 Å². The van der Waals surface area contributed by atoms with Gasteiger partial charge in [-0.25, -0.2) is 14.6 Å². The number of ether oxygens (including phenoxy) is 4. The number of anilines is 1. The van der Waals surface area contributed by atoms with E-state index in [9.17, 15) is 45.8 Å². The fourth-order valence-electron chi connectivity index (χ4n) is 8.73. The maximum Gasteiger partial charge on any atom is 0.490 e. The third kappa shape index (κ3) is 18.3. The zero-order chi connectivity index (χ0) is 54.1. The predicted octanol–water partition coefficient (Wildman–Crippen LogP) is 6.86. The molecule has 5 N–H and O–H groups in total. The minimum absolute atomic E-state index is 0.00940. The summed E-state index contributed by atoms with van der Waals surface area (Å²) in [6, 6.07) is 11.9. The van der Waals surface area contributed by atoms with Crippen LogP contribution in [0, 0.1) is 0 Å². The van der Waals surface area contributed by atoms with E-state index in [-0.39, 0.29) is 41.7 Å². The number of halogens is 6. The van der Waals surface area contributed by atoms with Gasteiger partial charge < -0.3 is 54.7 Å². The van der Waals surface area contributed by atoms with Gasteiger partial charge in [-0.05, 0) is 68.0 Å². The Bertz CT molecular complexity index is 2320. The highest BCUT2D eigenvalue weighted by Gasteiger charge is 2.42. The van der Waals surface area contributed by atoms with Gasteiger partial charge in [0.2, 0.25) is 5.91 Å². The van der Waals surface area contributed by atoms with Crippen LogP contribution in [-0.4, -0.2) is 168 Å². The van der Waals surface area contributed by atoms with Crippen LogP contribution in [0.1, 0.15) is 97.8 Å². The van der Waals surface area contributed by atoms with Crippen LogP contribution in [0.15, 0.2) is 41.8 Å². The molecule has 25 heteroatoms. The molecule has 1 spiro atoms. The molecule has 0 radical (unpaired) electrons. The Morgan fingerprint density at radius 3 is 2.30 bits per heavy atom. The summed E-state index contributed by atoms with van der Waals surface area (Å²) in [5, 5.41) is 33.4. The molecule has 0 atom stereocenters. The number of thiazole rings is 1. The van der Waals surface area contributed by atoms with Gasteiger partial charge in [0.25, 0.3) is 11.8 Å². The number of nitrogens with zero attached hydrogens (tertiary/aromatic N) is 4. The number of aromatic hydroxyl groups is 1. The van der Waals surface area contributed by atoms with Gasteiger partial charge in [0.15, 0.2) is 12.4 Å². The number of hydrogen-bond acceptors (Lipinski definition) is 14. The average Bonchev–Trinajstić information content (AvgIpc) is 3.87. The van der Waals surface area contributed by atoms with Crippen LogP contribution in [0.2, 0.25) is 0 Å². The Kier molecular flexibility index (Phi) is 22.1. The van der Waals surface area contributed by atoms with E-state index in [2.05, 4.69) is 46.5 Å². The van der Waals surface area contributed by atoms with Crippen molar-refractivity contribution in [1.29, 1.82) is 0 Å². The molecule has 3 fully saturated rings. The number of phenols is 1. The van der Waals surface area contributed by atoms with E-state index in [0.29, 0.717) is 95.0 Å². The van der Waals surface area contributed by atoms with E-state index < -0.39 is 24.3 Å². The molecule has 18 nitrogen and oxygen atoms in total. The maximum absolute atomic E-state index is 13.5. The quantitative estimate of drug-likeness (QED) is 0.0498. The van der Waals surface area contributed by atoms with E-state index in [4.69, 9.17) is 38.7 Å². The second kappa shape index (κ2) is 27.7. The molecule has 3 amide bonds. The molecule has 2 aromatic carbocycles. The zero-order valence-electron chi connectivity index (χ0n) is 41.2. The normalized spacial score (nSPS) is 16.9. The van der Waals surface area contributed by atoms with Crippen LogP contribution < -0.4 is 20.1 Å². The topological polar surface area (TPSA) is 230 Å². The van der Waals surface area contributed by atoms with Crippen LogP contribution in [0.4, 0.5) is 32.0 Å². The third-order valence-corrected chi connectivity index (χ3v) is 13.7. The Hall–Kier alpha value is -5.76. The molecule has 3 aliphatic heterocycles. The number of amides is 3. The number of carbonyl (C=O) groups excluding carboxylic acids is 3. The first-order valence-corrected chi connectivity index (χ1v) is 25.2. The van der Waals surface area contributed by atoms with E-state index in [0.717, 1.165) is 74.5 Å². The molecule has 4 heterocycles. The number of carbonyl (C=O) groups is 5. The number of benzene rings is 2. The van der Waals surface area contributed by atoms with Crippen molar-refractivity contribution in [2.75, 3.05) is 84.2 Å². The van der Waals surface area contributed by atoms with Crippen molar-refractivity contribution < 1.29 is 84.6 Å². The second-order valence-corrected chi connectivity index (χ2v) is 19.3. The molecule has 3 aromatic rings. The third-order valence-electron chi connectivity index (χ3n) is 12.5. The number of alkyl halides is 6. The molecule has 1 aromatic heterocycles. The standard InChI is InChI=1S/C45H62N6O8S.2C2HF3O2/c1-32(2)43-47-37(30-60-43)44(55)50-22-24-59-45(31-50)15-19-49(20-16-45)28-33-7-6-10-36(27-33)57-26-25-56-23-14-40(54)51(35-8-4-3-5-9-35)21-18-46-17-13-34-11-12-38(52)41-42(34)58-29-39(53)48-41;2*3-2(4,5)1(6)7/h6-7,10-12,27,30,32,35,46,52H,3-5,8-9,13-26,28-29,31H2,1-2H3,(H,48,53);2*(H,6,7). The van der Waals surface area contributed by atoms with Gasteiger partial charge in [-0.2, -0.15) is 26.3 Å². The number of phenolic OH excluding ortho intramolecular Hbond substituents is 1. The molecule has 74 heavy (non-hydrogen) atoms. The number of fused-ring (bicyclic) bond motifs is 1. The molecule has 1 saturated carbocycles. The minimum atomic E-state index is -5.08. The summed E-state index contributed by atoms with van der Waals surface area (Å²) in [6.45, 7) is 11.6. The van der Waals surface area contributed by atoms with Gasteiger partial charge in [-0.15, -0.1) is 11.3 Å². The molecule has 7 rings (SSSR count). The lowest BCUT2D eigenvalue weighted by atomic mass is 9.89. The van der Waals surface area contributed by atoms with Crippen molar-refractivity contribution in [1.82, 2.24) is 25.0 Å². The van der Waals surface area contributed by atoms with Crippen molar-refractivity contribution in [2.24, 2.45) is 0 Å². The monoisotopic (exact) mass is 1070 g/mol. The van der Waals surface area contributed by atoms with Crippen LogP contribution in [0.25, 0.3) is 0 Å². The molecular formula is C49H64F6N6O12S. The Morgan fingerprint density at radius 2 is 1.65 bits per heavy atom. The lowest BCUT2D eigenvalue weighted by Gasteiger charge is -2.47. The summed E-state index contributed by atoms with van der Waals surface area (Å²) in [6.07, 6.45) is -1.87. The van der Waals surface area contributed by atoms with E-state index in [1.165, 1.54) is 12.0 Å². The van der Waals surface area contributed by atoms with E-state index in [1.807, 2.05) is 33.4 Å². The number of carboxylic acid groups (broad SMARTS) is 2. The largest absolute Gasteiger partial charge is 0.506 e. The highest BCUT2D eigenvalue weighted by molar-refractivity contribution is 7.09. The van der Waals surface area contributed by atoms with Crippen molar-refractivity contribution in [2.45, 2.75) is 108 Å². The van der Waals surface area contributed by atoms with Gasteiger partial charge >= 0.3 is 24.3 Å². The highest BCUT2D eigenvalue weighted by atomic mass is 32.1. The molecule has 0 unspecified atom stereocenters. The number of morpholine rings is 1. The average molecular weight is 1080 g/mol. The first kappa shape index (κ1) is 59.1. The smallest absolute Gasteiger partial charge is 0.490 e. The summed E-state index contributed by atoms with van der Waals surface area (Å²) in [7, 11) is 0. The van der Waals surface area contributed by atoms with Crippen LogP contribution in [0.5, 0.6) is 17.2 Å². The van der Waals surface area contributed by atoms with Crippen LogP contribution in [-0.2, 0) is 41.6 Å². The van der Waals surface area contributed by atoms with Crippen molar-refractivity contribution >= 4 is 46.7 Å². The minimum Gasteiger partial charge on any atom is -0.506 e. The Labute approximate surface area is 428 Å². The number of piperidine rings is 1. The summed E-state index contributed by atoms with van der Waals surface area (Å²) in [5.41, 5.74) is 2.66. The number of likely N-dealkylation sites (tertiary alicyclic amines) is 1. The second-order valence-electron chi connectivity index (χ2n) is 18.4. The van der Waals surface area contributed by atoms with Crippen molar-refractivity contribution in [3.8, 4) is 17.2 Å². The van der Waals surface area contributed by atoms with Crippen LogP contribution in [0.3, 0.4) is 0 Å². The summed E-state index contributed by atoms with van der Waals surface area (Å²) in [4.78, 5) is 67.3. The number of nitrogens with one attached hydrogen (secondary N) is 2. The fourth-order valence-corrected chi connectivity index (χ4v) is 9.54. The lowest BCUT2D eigenvalue weighted by molar-refractivity contribution is -0.193. The van der Waals surface area contributed by atoms with Crippen LogP contribution >= 0.6 is 11.3 Å². The first-order chi connectivity index (χ1) is 35.0. The number of aromatic nitrogens is 1. The first-order valence-electron chi connectivity index (χ1n) is 24.3. The van der Waals surface area contributed by atoms with E-state index >= 15 is 0 Å². The predicted molar refractivity (Wildman–Crippen MR) is 257 cm³/mol. The summed E-state index contributed by atoms with van der Waals surface area (Å²) >= 11 is 1.56. The zero-order valence-corrected chi connectivity index (χ0v) is 42.0. The summed E-state index contributed by atoms with van der Waals surface area (Å²) < 4.78 is 87.4. The molecule has 0 bridgehead atoms. The molecule has 410 valence electrons. The number of rotatable bonds is 18. The molecule has 2 saturated heterocycles. The fraction of sp³-hybridized carbons (Fsp3) is 0.592. The lowest BCUT2D eigenvalue weighted by Crippen LogP contribution is -2.58. The van der Waals surface area contributed by atoms with Crippen molar-refractivity contribution in [3.63, 3.8) is 0 Å².